The molecule has 0 radical (unpaired) electrons. The Morgan fingerprint density at radius 1 is 1.15 bits per heavy atom. The second kappa shape index (κ2) is 8.30. The zero-order valence-corrected chi connectivity index (χ0v) is 16.7. The summed E-state index contributed by atoms with van der Waals surface area (Å²) >= 11 is 0. The van der Waals surface area contributed by atoms with Gasteiger partial charge >= 0.3 is 0 Å². The van der Waals surface area contributed by atoms with Crippen LogP contribution in [0.1, 0.15) is 36.0 Å². The molecule has 0 bridgehead atoms. The Balaban J connectivity index is 1.59. The van der Waals surface area contributed by atoms with Gasteiger partial charge in [0.25, 0.3) is 5.91 Å². The van der Waals surface area contributed by atoms with Gasteiger partial charge in [-0.1, -0.05) is 0 Å². The molecule has 2 saturated heterocycles. The zero-order valence-electron chi connectivity index (χ0n) is 16.7. The van der Waals surface area contributed by atoms with Gasteiger partial charge in [-0.25, -0.2) is 0 Å². The SMILES string of the molecule is COCCN1CC2(CCC1=O)CCN(C(=O)c1ccc(N(C)C)cc1)CC2. The van der Waals surface area contributed by atoms with Crippen LogP contribution in [0.5, 0.6) is 0 Å². The van der Waals surface area contributed by atoms with Crippen LogP contribution in [0.4, 0.5) is 5.69 Å². The van der Waals surface area contributed by atoms with E-state index in [-0.39, 0.29) is 17.2 Å². The summed E-state index contributed by atoms with van der Waals surface area (Å²) in [6.07, 6.45) is 3.48. The van der Waals surface area contributed by atoms with Crippen LogP contribution in [0.2, 0.25) is 0 Å². The average Bonchev–Trinajstić information content (AvgIpc) is 2.69. The predicted molar refractivity (Wildman–Crippen MR) is 106 cm³/mol. The smallest absolute Gasteiger partial charge is 0.253 e. The third kappa shape index (κ3) is 4.43. The molecule has 0 aromatic heterocycles. The summed E-state index contributed by atoms with van der Waals surface area (Å²) < 4.78 is 5.14. The molecule has 0 N–H and O–H groups in total. The highest BCUT2D eigenvalue weighted by molar-refractivity contribution is 5.94. The lowest BCUT2D eigenvalue weighted by molar-refractivity contribution is -0.139. The largest absolute Gasteiger partial charge is 0.383 e. The summed E-state index contributed by atoms with van der Waals surface area (Å²) in [6, 6.07) is 7.79. The fourth-order valence-corrected chi connectivity index (χ4v) is 4.18. The minimum atomic E-state index is 0.110. The van der Waals surface area contributed by atoms with Crippen LogP contribution in [-0.2, 0) is 9.53 Å². The van der Waals surface area contributed by atoms with Gasteiger partial charge in [0, 0.05) is 65.1 Å². The fraction of sp³-hybridized carbons (Fsp3) is 0.619. The normalized spacial score (nSPS) is 19.4. The van der Waals surface area contributed by atoms with Crippen LogP contribution >= 0.6 is 0 Å². The Labute approximate surface area is 162 Å². The quantitative estimate of drug-likeness (QED) is 0.794. The second-order valence-electron chi connectivity index (χ2n) is 8.04. The van der Waals surface area contributed by atoms with Gasteiger partial charge in [0.2, 0.25) is 5.91 Å². The number of benzene rings is 1. The van der Waals surface area contributed by atoms with Gasteiger partial charge in [-0.3, -0.25) is 9.59 Å². The minimum absolute atomic E-state index is 0.110. The molecule has 2 aliphatic heterocycles. The average molecular weight is 373 g/mol. The number of rotatable bonds is 5. The number of ether oxygens (including phenoxy) is 1. The number of hydrogen-bond acceptors (Lipinski definition) is 4. The fourth-order valence-electron chi connectivity index (χ4n) is 4.18. The molecule has 0 unspecified atom stereocenters. The Morgan fingerprint density at radius 2 is 1.81 bits per heavy atom. The molecule has 3 rings (SSSR count). The molecule has 6 heteroatoms. The summed E-state index contributed by atoms with van der Waals surface area (Å²) in [4.78, 5) is 30.9. The maximum Gasteiger partial charge on any atom is 0.253 e. The van der Waals surface area contributed by atoms with E-state index in [0.717, 1.165) is 50.1 Å². The molecule has 2 fully saturated rings. The van der Waals surface area contributed by atoms with E-state index < -0.39 is 0 Å². The highest BCUT2D eigenvalue weighted by Gasteiger charge is 2.41. The van der Waals surface area contributed by atoms with Crippen LogP contribution in [-0.4, -0.2) is 75.6 Å². The number of likely N-dealkylation sites (tertiary alicyclic amines) is 2. The van der Waals surface area contributed by atoms with Crippen LogP contribution in [0.25, 0.3) is 0 Å². The molecule has 2 heterocycles. The number of methoxy groups -OCH3 is 1. The minimum Gasteiger partial charge on any atom is -0.383 e. The number of carbonyl (C=O) groups is 2. The van der Waals surface area contributed by atoms with Gasteiger partial charge in [-0.2, -0.15) is 0 Å². The van der Waals surface area contributed by atoms with Crippen molar-refractivity contribution in [3.63, 3.8) is 0 Å². The van der Waals surface area contributed by atoms with Crippen LogP contribution < -0.4 is 4.90 Å². The van der Waals surface area contributed by atoms with Crippen molar-refractivity contribution in [2.75, 3.05) is 58.9 Å². The van der Waals surface area contributed by atoms with Gasteiger partial charge in [-0.15, -0.1) is 0 Å². The van der Waals surface area contributed by atoms with Crippen molar-refractivity contribution in [3.05, 3.63) is 29.8 Å². The molecular weight excluding hydrogens is 342 g/mol. The van der Waals surface area contributed by atoms with E-state index in [1.165, 1.54) is 0 Å². The summed E-state index contributed by atoms with van der Waals surface area (Å²) in [5.74, 6) is 0.343. The molecule has 0 atom stereocenters. The van der Waals surface area contributed by atoms with Gasteiger partial charge in [-0.05, 0) is 48.9 Å². The van der Waals surface area contributed by atoms with Crippen molar-refractivity contribution >= 4 is 17.5 Å². The summed E-state index contributed by atoms with van der Waals surface area (Å²) in [5.41, 5.74) is 2.00. The first kappa shape index (κ1) is 19.7. The van der Waals surface area contributed by atoms with Crippen molar-refractivity contribution < 1.29 is 14.3 Å². The molecule has 2 amide bonds. The van der Waals surface area contributed by atoms with E-state index in [2.05, 4.69) is 0 Å². The summed E-state index contributed by atoms with van der Waals surface area (Å²) in [5, 5.41) is 0. The third-order valence-corrected chi connectivity index (χ3v) is 6.06. The number of anilines is 1. The van der Waals surface area contributed by atoms with Gasteiger partial charge < -0.3 is 19.4 Å². The van der Waals surface area contributed by atoms with Gasteiger partial charge in [0.15, 0.2) is 0 Å². The van der Waals surface area contributed by atoms with Crippen molar-refractivity contribution in [1.29, 1.82) is 0 Å². The maximum atomic E-state index is 12.8. The zero-order chi connectivity index (χ0) is 19.4. The molecule has 2 aliphatic rings. The Hall–Kier alpha value is -2.08. The van der Waals surface area contributed by atoms with Crippen molar-refractivity contribution in [2.24, 2.45) is 5.41 Å². The molecule has 1 spiro atoms. The highest BCUT2D eigenvalue weighted by Crippen LogP contribution is 2.40. The molecule has 0 saturated carbocycles. The predicted octanol–water partition coefficient (Wildman–Crippen LogP) is 2.24. The first-order chi connectivity index (χ1) is 12.9. The molecule has 1 aromatic rings. The summed E-state index contributed by atoms with van der Waals surface area (Å²) in [7, 11) is 5.65. The van der Waals surface area contributed by atoms with Gasteiger partial charge in [0.05, 0.1) is 6.61 Å². The lowest BCUT2D eigenvalue weighted by Crippen LogP contribution is -2.52. The first-order valence-corrected chi connectivity index (χ1v) is 9.77. The van der Waals surface area contributed by atoms with E-state index in [4.69, 9.17) is 4.74 Å². The first-order valence-electron chi connectivity index (χ1n) is 9.77. The van der Waals surface area contributed by atoms with Crippen molar-refractivity contribution in [1.82, 2.24) is 9.80 Å². The van der Waals surface area contributed by atoms with E-state index in [0.29, 0.717) is 19.6 Å². The van der Waals surface area contributed by atoms with Crippen LogP contribution in [0, 0.1) is 5.41 Å². The third-order valence-electron chi connectivity index (χ3n) is 6.06. The molecule has 0 aliphatic carbocycles. The number of hydrogen-bond donors (Lipinski definition) is 0. The molecule has 27 heavy (non-hydrogen) atoms. The molecule has 148 valence electrons. The van der Waals surface area contributed by atoms with Gasteiger partial charge in [0.1, 0.15) is 0 Å². The molecule has 1 aromatic carbocycles. The highest BCUT2D eigenvalue weighted by atomic mass is 16.5. The lowest BCUT2D eigenvalue weighted by atomic mass is 9.72. The molecule has 6 nitrogen and oxygen atoms in total. The summed E-state index contributed by atoms with van der Waals surface area (Å²) in [6.45, 7) is 3.57. The number of amides is 2. The van der Waals surface area contributed by atoms with Crippen LogP contribution in [0.15, 0.2) is 24.3 Å². The van der Waals surface area contributed by atoms with E-state index >= 15 is 0 Å². The Bertz CT molecular complexity index is 664. The van der Waals surface area contributed by atoms with E-state index in [9.17, 15) is 9.59 Å². The topological polar surface area (TPSA) is 53.1 Å². The van der Waals surface area contributed by atoms with Crippen LogP contribution in [0.3, 0.4) is 0 Å². The maximum absolute atomic E-state index is 12.8. The lowest BCUT2D eigenvalue weighted by Gasteiger charge is -2.47. The number of piperidine rings is 2. The Kier molecular flexibility index (Phi) is 6.05. The van der Waals surface area contributed by atoms with Crippen molar-refractivity contribution in [2.45, 2.75) is 25.7 Å². The van der Waals surface area contributed by atoms with E-state index in [1.807, 2.05) is 53.1 Å². The van der Waals surface area contributed by atoms with E-state index in [1.54, 1.807) is 7.11 Å². The van der Waals surface area contributed by atoms with Crippen molar-refractivity contribution in [3.8, 4) is 0 Å². The molecular formula is C21H31N3O3. The monoisotopic (exact) mass is 373 g/mol. The number of nitrogens with zero attached hydrogens (tertiary/aromatic N) is 3. The second-order valence-corrected chi connectivity index (χ2v) is 8.04. The Morgan fingerprint density at radius 3 is 2.41 bits per heavy atom. The number of carbonyl (C=O) groups excluding carboxylic acids is 2. The standard InChI is InChI=1S/C21H31N3O3/c1-22(2)18-6-4-17(5-7-18)20(26)23-12-10-21(11-13-23)9-8-19(25)24(16-21)14-15-27-3/h4-7H,8-16H2,1-3H3.